The third-order valence-electron chi connectivity index (χ3n) is 3.07. The first-order valence-electron chi connectivity index (χ1n) is 6.48. The van der Waals surface area contributed by atoms with Gasteiger partial charge >= 0.3 is 5.97 Å². The minimum atomic E-state index is -1.07. The summed E-state index contributed by atoms with van der Waals surface area (Å²) in [7, 11) is 6.56. The summed E-state index contributed by atoms with van der Waals surface area (Å²) in [5, 5.41) is 9.20. The van der Waals surface area contributed by atoms with Gasteiger partial charge in [0.15, 0.2) is 5.82 Å². The second kappa shape index (κ2) is 6.30. The number of ether oxygens (including phenoxy) is 2. The van der Waals surface area contributed by atoms with Crippen LogP contribution in [0.4, 0.5) is 5.82 Å². The number of nitrogens with zero attached hydrogens (tertiary/aromatic N) is 3. The van der Waals surface area contributed by atoms with E-state index < -0.39 is 5.97 Å². The average Bonchev–Trinajstić information content (AvgIpc) is 2.53. The van der Waals surface area contributed by atoms with E-state index in [1.54, 1.807) is 44.3 Å². The maximum atomic E-state index is 11.2. The van der Waals surface area contributed by atoms with E-state index in [-0.39, 0.29) is 5.56 Å². The number of carboxylic acids is 1. The fraction of sp³-hybridized carbons (Fsp3) is 0.267. The zero-order valence-electron chi connectivity index (χ0n) is 12.8. The van der Waals surface area contributed by atoms with Crippen LogP contribution in [0.25, 0.3) is 11.4 Å². The van der Waals surface area contributed by atoms with Gasteiger partial charge in [0, 0.05) is 26.4 Å². The summed E-state index contributed by atoms with van der Waals surface area (Å²) in [6, 6.07) is 5.26. The average molecular weight is 303 g/mol. The van der Waals surface area contributed by atoms with E-state index in [0.717, 1.165) is 0 Å². The molecule has 0 atom stereocenters. The van der Waals surface area contributed by atoms with Gasteiger partial charge in [0.05, 0.1) is 19.8 Å². The maximum absolute atomic E-state index is 11.2. The van der Waals surface area contributed by atoms with E-state index in [4.69, 9.17) is 9.47 Å². The van der Waals surface area contributed by atoms with E-state index in [1.165, 1.54) is 13.3 Å². The maximum Gasteiger partial charge on any atom is 0.341 e. The Labute approximate surface area is 128 Å². The number of anilines is 1. The fourth-order valence-corrected chi connectivity index (χ4v) is 1.98. The largest absolute Gasteiger partial charge is 0.497 e. The quantitative estimate of drug-likeness (QED) is 0.903. The summed E-state index contributed by atoms with van der Waals surface area (Å²) in [5.74, 6) is 0.836. The summed E-state index contributed by atoms with van der Waals surface area (Å²) >= 11 is 0. The Balaban J connectivity index is 2.58. The Hall–Kier alpha value is -2.83. The van der Waals surface area contributed by atoms with Crippen molar-refractivity contribution >= 4 is 11.8 Å². The SMILES string of the molecule is COc1ccc(-c2ncc(C(=O)O)c(N(C)C)n2)c(OC)c1. The van der Waals surface area contributed by atoms with Crippen molar-refractivity contribution in [1.29, 1.82) is 0 Å². The lowest BCUT2D eigenvalue weighted by Gasteiger charge is -2.16. The van der Waals surface area contributed by atoms with Gasteiger partial charge < -0.3 is 19.5 Å². The number of carboxylic acid groups (broad SMARTS) is 1. The molecule has 2 rings (SSSR count). The lowest BCUT2D eigenvalue weighted by molar-refractivity contribution is 0.0697. The third kappa shape index (κ3) is 2.93. The van der Waals surface area contributed by atoms with Crippen molar-refractivity contribution in [2.24, 2.45) is 0 Å². The highest BCUT2D eigenvalue weighted by atomic mass is 16.5. The molecule has 0 fully saturated rings. The van der Waals surface area contributed by atoms with Crippen molar-refractivity contribution in [3.05, 3.63) is 30.0 Å². The topological polar surface area (TPSA) is 84.8 Å². The molecule has 0 amide bonds. The number of rotatable bonds is 5. The van der Waals surface area contributed by atoms with Gasteiger partial charge in [0.2, 0.25) is 0 Å². The molecule has 0 aliphatic carbocycles. The molecule has 0 unspecified atom stereocenters. The molecule has 0 saturated heterocycles. The van der Waals surface area contributed by atoms with Crippen LogP contribution in [-0.2, 0) is 0 Å². The van der Waals surface area contributed by atoms with Gasteiger partial charge in [0.25, 0.3) is 0 Å². The van der Waals surface area contributed by atoms with E-state index >= 15 is 0 Å². The highest BCUT2D eigenvalue weighted by Crippen LogP contribution is 2.32. The second-order valence-corrected chi connectivity index (χ2v) is 4.70. The monoisotopic (exact) mass is 303 g/mol. The molecule has 1 N–H and O–H groups in total. The molecule has 0 aliphatic heterocycles. The molecule has 0 bridgehead atoms. The van der Waals surface area contributed by atoms with Crippen LogP contribution >= 0.6 is 0 Å². The molecule has 1 heterocycles. The molecular formula is C15H17N3O4. The van der Waals surface area contributed by atoms with E-state index in [1.807, 2.05) is 0 Å². The highest BCUT2D eigenvalue weighted by molar-refractivity contribution is 5.93. The molecule has 2 aromatic rings. The summed E-state index contributed by atoms with van der Waals surface area (Å²) in [6.45, 7) is 0. The molecule has 116 valence electrons. The van der Waals surface area contributed by atoms with Gasteiger partial charge in [-0.2, -0.15) is 0 Å². The molecular weight excluding hydrogens is 286 g/mol. The molecule has 22 heavy (non-hydrogen) atoms. The minimum Gasteiger partial charge on any atom is -0.497 e. The zero-order chi connectivity index (χ0) is 16.3. The molecule has 1 aromatic heterocycles. The molecule has 7 heteroatoms. The molecule has 0 spiro atoms. The minimum absolute atomic E-state index is 0.0428. The Bertz CT molecular complexity index is 701. The molecule has 0 aliphatic rings. The first-order valence-corrected chi connectivity index (χ1v) is 6.48. The van der Waals surface area contributed by atoms with Crippen molar-refractivity contribution in [3.8, 4) is 22.9 Å². The van der Waals surface area contributed by atoms with Gasteiger partial charge in [-0.05, 0) is 12.1 Å². The van der Waals surface area contributed by atoms with E-state index in [9.17, 15) is 9.90 Å². The summed E-state index contributed by atoms with van der Waals surface area (Å²) in [4.78, 5) is 21.3. The normalized spacial score (nSPS) is 10.2. The number of benzene rings is 1. The van der Waals surface area contributed by atoms with Gasteiger partial charge in [-0.15, -0.1) is 0 Å². The van der Waals surface area contributed by atoms with Crippen LogP contribution in [0.5, 0.6) is 11.5 Å². The second-order valence-electron chi connectivity index (χ2n) is 4.70. The predicted molar refractivity (Wildman–Crippen MR) is 81.9 cm³/mol. The van der Waals surface area contributed by atoms with Crippen LogP contribution < -0.4 is 14.4 Å². The van der Waals surface area contributed by atoms with E-state index in [0.29, 0.717) is 28.7 Å². The molecule has 7 nitrogen and oxygen atoms in total. The zero-order valence-corrected chi connectivity index (χ0v) is 12.8. The lowest BCUT2D eigenvalue weighted by Crippen LogP contribution is -2.16. The number of aromatic carboxylic acids is 1. The van der Waals surface area contributed by atoms with Crippen LogP contribution in [0.2, 0.25) is 0 Å². The van der Waals surface area contributed by atoms with Gasteiger partial charge in [-0.3, -0.25) is 0 Å². The Morgan fingerprint density at radius 1 is 1.23 bits per heavy atom. The summed E-state index contributed by atoms with van der Waals surface area (Å²) < 4.78 is 10.5. The van der Waals surface area contributed by atoms with Crippen molar-refractivity contribution in [2.75, 3.05) is 33.2 Å². The van der Waals surface area contributed by atoms with E-state index in [2.05, 4.69) is 9.97 Å². The Morgan fingerprint density at radius 2 is 1.95 bits per heavy atom. The van der Waals surface area contributed by atoms with Crippen LogP contribution in [0.15, 0.2) is 24.4 Å². The summed E-state index contributed by atoms with van der Waals surface area (Å²) in [5.41, 5.74) is 0.699. The van der Waals surface area contributed by atoms with Gasteiger partial charge in [0.1, 0.15) is 22.9 Å². The standard InChI is InChI=1S/C15H17N3O4/c1-18(2)14-11(15(19)20)8-16-13(17-14)10-6-5-9(21-3)7-12(10)22-4/h5-8H,1-4H3,(H,19,20). The predicted octanol–water partition coefficient (Wildman–Crippen LogP) is 1.92. The highest BCUT2D eigenvalue weighted by Gasteiger charge is 2.18. The Kier molecular flexibility index (Phi) is 4.45. The first kappa shape index (κ1) is 15.6. The molecule has 0 radical (unpaired) electrons. The third-order valence-corrected chi connectivity index (χ3v) is 3.07. The van der Waals surface area contributed by atoms with Crippen molar-refractivity contribution in [2.45, 2.75) is 0 Å². The first-order chi connectivity index (χ1) is 10.5. The van der Waals surface area contributed by atoms with Crippen molar-refractivity contribution in [1.82, 2.24) is 9.97 Å². The number of carbonyl (C=O) groups is 1. The lowest BCUT2D eigenvalue weighted by atomic mass is 10.1. The molecule has 1 aromatic carbocycles. The van der Waals surface area contributed by atoms with Crippen LogP contribution in [-0.4, -0.2) is 49.4 Å². The van der Waals surface area contributed by atoms with Gasteiger partial charge in [-0.1, -0.05) is 0 Å². The Morgan fingerprint density at radius 3 is 2.50 bits per heavy atom. The number of hydrogen-bond acceptors (Lipinski definition) is 6. The molecule has 0 saturated carbocycles. The van der Waals surface area contributed by atoms with Crippen LogP contribution in [0.3, 0.4) is 0 Å². The van der Waals surface area contributed by atoms with Crippen LogP contribution in [0.1, 0.15) is 10.4 Å². The number of aromatic nitrogens is 2. The number of methoxy groups -OCH3 is 2. The smallest absolute Gasteiger partial charge is 0.341 e. The van der Waals surface area contributed by atoms with Crippen molar-refractivity contribution in [3.63, 3.8) is 0 Å². The van der Waals surface area contributed by atoms with Gasteiger partial charge in [-0.25, -0.2) is 14.8 Å². The number of hydrogen-bond donors (Lipinski definition) is 1. The van der Waals surface area contributed by atoms with Crippen molar-refractivity contribution < 1.29 is 19.4 Å². The fourth-order valence-electron chi connectivity index (χ4n) is 1.98. The summed E-state index contributed by atoms with van der Waals surface area (Å²) in [6.07, 6.45) is 1.30. The van der Waals surface area contributed by atoms with Crippen LogP contribution in [0, 0.1) is 0 Å².